The van der Waals surface area contributed by atoms with Gasteiger partial charge in [0.1, 0.15) is 0 Å². The second-order valence-electron chi connectivity index (χ2n) is 3.87. The molecule has 0 radical (unpaired) electrons. The Kier molecular flexibility index (Phi) is 2.72. The number of benzene rings is 1. The molecule has 0 aliphatic carbocycles. The fourth-order valence-electron chi connectivity index (χ4n) is 1.84. The lowest BCUT2D eigenvalue weighted by atomic mass is 10.1. The summed E-state index contributed by atoms with van der Waals surface area (Å²) in [6.45, 7) is 0.282. The minimum Gasteiger partial charge on any atom is -0.395 e. The fourth-order valence-corrected chi connectivity index (χ4v) is 1.84. The van der Waals surface area contributed by atoms with Crippen molar-refractivity contribution >= 4 is 17.3 Å². The lowest BCUT2D eigenvalue weighted by molar-refractivity contribution is -0.117. The highest BCUT2D eigenvalue weighted by molar-refractivity contribution is 5.98. The second-order valence-corrected chi connectivity index (χ2v) is 3.87. The van der Waals surface area contributed by atoms with E-state index in [0.717, 1.165) is 6.07 Å². The fraction of sp³-hybridized carbons (Fsp3) is 0.250. The predicted octanol–water partition coefficient (Wildman–Crippen LogP) is 1.53. The molecule has 1 aromatic rings. The Labute approximate surface area is 97.2 Å². The summed E-state index contributed by atoms with van der Waals surface area (Å²) in [6.07, 6.45) is 5.44. The number of anilines is 2. The first-order valence-corrected chi connectivity index (χ1v) is 5.04. The van der Waals surface area contributed by atoms with Crippen molar-refractivity contribution in [1.29, 1.82) is 0 Å². The van der Waals surface area contributed by atoms with Crippen molar-refractivity contribution in [2.75, 3.05) is 17.2 Å². The van der Waals surface area contributed by atoms with Crippen LogP contribution in [-0.4, -0.2) is 12.5 Å². The standard InChI is InChI=1S/C12H10F2N2O/c1-2-7-5-10(17)16(6-7)9-4-3-8(13)11(14)12(9)15/h1,3-4,7H,5-6,15H2. The summed E-state index contributed by atoms with van der Waals surface area (Å²) in [5, 5.41) is 0. The van der Waals surface area contributed by atoms with Crippen LogP contribution in [0.2, 0.25) is 0 Å². The minimum absolute atomic E-state index is 0.173. The number of nitrogen functional groups attached to an aromatic ring is 1. The molecule has 1 fully saturated rings. The minimum atomic E-state index is -1.14. The third-order valence-electron chi connectivity index (χ3n) is 2.76. The Morgan fingerprint density at radius 1 is 1.47 bits per heavy atom. The van der Waals surface area contributed by atoms with Gasteiger partial charge in [-0.15, -0.1) is 12.3 Å². The van der Waals surface area contributed by atoms with Gasteiger partial charge in [-0.2, -0.15) is 0 Å². The van der Waals surface area contributed by atoms with Gasteiger partial charge in [-0.25, -0.2) is 8.78 Å². The summed E-state index contributed by atoms with van der Waals surface area (Å²) >= 11 is 0. The van der Waals surface area contributed by atoms with Gasteiger partial charge in [0.25, 0.3) is 0 Å². The summed E-state index contributed by atoms with van der Waals surface area (Å²) in [5.41, 5.74) is 5.26. The second kappa shape index (κ2) is 4.06. The monoisotopic (exact) mass is 236 g/mol. The largest absolute Gasteiger partial charge is 0.395 e. The number of terminal acetylenes is 1. The molecule has 1 amide bonds. The van der Waals surface area contributed by atoms with E-state index in [0.29, 0.717) is 0 Å². The molecular formula is C12H10F2N2O. The molecule has 0 saturated carbocycles. The lowest BCUT2D eigenvalue weighted by Crippen LogP contribution is -2.25. The molecule has 88 valence electrons. The van der Waals surface area contributed by atoms with Gasteiger partial charge in [0.15, 0.2) is 11.6 Å². The maximum atomic E-state index is 13.3. The van der Waals surface area contributed by atoms with Crippen molar-refractivity contribution in [3.8, 4) is 12.3 Å². The Morgan fingerprint density at radius 3 is 2.76 bits per heavy atom. The third-order valence-corrected chi connectivity index (χ3v) is 2.76. The average molecular weight is 236 g/mol. The average Bonchev–Trinajstić information content (AvgIpc) is 2.68. The summed E-state index contributed by atoms with van der Waals surface area (Å²) in [6, 6.07) is 2.22. The van der Waals surface area contributed by atoms with E-state index in [1.807, 2.05) is 0 Å². The van der Waals surface area contributed by atoms with E-state index in [9.17, 15) is 13.6 Å². The van der Waals surface area contributed by atoms with Crippen molar-refractivity contribution in [3.63, 3.8) is 0 Å². The number of rotatable bonds is 1. The number of carbonyl (C=O) groups excluding carboxylic acids is 1. The SMILES string of the molecule is C#CC1CC(=O)N(c2ccc(F)c(F)c2N)C1. The van der Waals surface area contributed by atoms with Crippen LogP contribution in [-0.2, 0) is 4.79 Å². The van der Waals surface area contributed by atoms with Crippen LogP contribution in [0.3, 0.4) is 0 Å². The van der Waals surface area contributed by atoms with Gasteiger partial charge >= 0.3 is 0 Å². The van der Waals surface area contributed by atoms with Crippen LogP contribution < -0.4 is 10.6 Å². The molecule has 1 saturated heterocycles. The van der Waals surface area contributed by atoms with E-state index in [-0.39, 0.29) is 36.2 Å². The van der Waals surface area contributed by atoms with Gasteiger partial charge in [0.2, 0.25) is 5.91 Å². The van der Waals surface area contributed by atoms with Crippen molar-refractivity contribution in [2.45, 2.75) is 6.42 Å². The first-order valence-electron chi connectivity index (χ1n) is 5.04. The van der Waals surface area contributed by atoms with Crippen LogP contribution in [0.1, 0.15) is 6.42 Å². The summed E-state index contributed by atoms with van der Waals surface area (Å²) in [4.78, 5) is 12.9. The van der Waals surface area contributed by atoms with Crippen LogP contribution in [0.5, 0.6) is 0 Å². The number of hydrogen-bond acceptors (Lipinski definition) is 2. The molecule has 1 atom stereocenters. The highest BCUT2D eigenvalue weighted by Crippen LogP contribution is 2.32. The molecule has 1 aromatic carbocycles. The molecule has 17 heavy (non-hydrogen) atoms. The zero-order chi connectivity index (χ0) is 12.6. The topological polar surface area (TPSA) is 46.3 Å². The van der Waals surface area contributed by atoms with Crippen LogP contribution in [0.4, 0.5) is 20.2 Å². The van der Waals surface area contributed by atoms with E-state index in [4.69, 9.17) is 12.2 Å². The van der Waals surface area contributed by atoms with Crippen LogP contribution in [0.15, 0.2) is 12.1 Å². The van der Waals surface area contributed by atoms with Crippen molar-refractivity contribution < 1.29 is 13.6 Å². The molecule has 1 aliphatic rings. The quantitative estimate of drug-likeness (QED) is 0.593. The molecule has 5 heteroatoms. The molecule has 1 unspecified atom stereocenters. The summed E-state index contributed by atoms with van der Waals surface area (Å²) in [7, 11) is 0. The number of amides is 1. The van der Waals surface area contributed by atoms with Crippen molar-refractivity contribution in [1.82, 2.24) is 0 Å². The van der Waals surface area contributed by atoms with Crippen LogP contribution in [0.25, 0.3) is 0 Å². The number of nitrogens with two attached hydrogens (primary N) is 1. The molecule has 2 rings (SSSR count). The molecule has 3 nitrogen and oxygen atoms in total. The van der Waals surface area contributed by atoms with Gasteiger partial charge in [0, 0.05) is 18.9 Å². The number of hydrogen-bond donors (Lipinski definition) is 1. The highest BCUT2D eigenvalue weighted by atomic mass is 19.2. The van der Waals surface area contributed by atoms with Gasteiger partial charge in [-0.05, 0) is 12.1 Å². The number of halogens is 2. The maximum absolute atomic E-state index is 13.3. The van der Waals surface area contributed by atoms with Crippen LogP contribution in [0, 0.1) is 29.9 Å². The van der Waals surface area contributed by atoms with Crippen LogP contribution >= 0.6 is 0 Å². The van der Waals surface area contributed by atoms with E-state index in [1.54, 1.807) is 0 Å². The van der Waals surface area contributed by atoms with Gasteiger partial charge in [-0.1, -0.05) is 0 Å². The summed E-state index contributed by atoms with van der Waals surface area (Å²) < 4.78 is 26.2. The zero-order valence-electron chi connectivity index (χ0n) is 8.91. The zero-order valence-corrected chi connectivity index (χ0v) is 8.91. The van der Waals surface area contributed by atoms with Gasteiger partial charge < -0.3 is 10.6 Å². The molecule has 0 bridgehead atoms. The van der Waals surface area contributed by atoms with E-state index in [1.165, 1.54) is 11.0 Å². The number of nitrogens with zero attached hydrogens (tertiary/aromatic N) is 1. The molecule has 2 N–H and O–H groups in total. The molecule has 1 aliphatic heterocycles. The lowest BCUT2D eigenvalue weighted by Gasteiger charge is -2.18. The number of carbonyl (C=O) groups is 1. The molecule has 0 aromatic heterocycles. The first-order chi connectivity index (χ1) is 8.04. The normalized spacial score (nSPS) is 19.5. The first kappa shape index (κ1) is 11.4. The van der Waals surface area contributed by atoms with Gasteiger partial charge in [0.05, 0.1) is 11.4 Å². The van der Waals surface area contributed by atoms with E-state index < -0.39 is 11.6 Å². The van der Waals surface area contributed by atoms with Crippen molar-refractivity contribution in [3.05, 3.63) is 23.8 Å². The molecule has 1 heterocycles. The molecule has 0 spiro atoms. The van der Waals surface area contributed by atoms with E-state index >= 15 is 0 Å². The third kappa shape index (κ3) is 1.82. The molecular weight excluding hydrogens is 226 g/mol. The Balaban J connectivity index is 2.40. The van der Waals surface area contributed by atoms with Crippen molar-refractivity contribution in [2.24, 2.45) is 5.92 Å². The Bertz CT molecular complexity index is 522. The smallest absolute Gasteiger partial charge is 0.228 e. The maximum Gasteiger partial charge on any atom is 0.228 e. The summed E-state index contributed by atoms with van der Waals surface area (Å²) in [5.74, 6) is -0.151. The van der Waals surface area contributed by atoms with E-state index in [2.05, 4.69) is 5.92 Å². The Morgan fingerprint density at radius 2 is 2.18 bits per heavy atom. The Hall–Kier alpha value is -2.09. The predicted molar refractivity (Wildman–Crippen MR) is 60.1 cm³/mol. The highest BCUT2D eigenvalue weighted by Gasteiger charge is 2.31. The van der Waals surface area contributed by atoms with Gasteiger partial charge in [-0.3, -0.25) is 4.79 Å².